The van der Waals surface area contributed by atoms with Gasteiger partial charge >= 0.3 is 29.6 Å². The molecule has 52 valence electrons. The van der Waals surface area contributed by atoms with Gasteiger partial charge in [0, 0.05) is 5.56 Å². The van der Waals surface area contributed by atoms with Gasteiger partial charge in [-0.3, -0.25) is 4.79 Å². The average Bonchev–Trinajstić information content (AvgIpc) is 1.88. The number of carbonyl (C=O) groups excluding carboxylic acids is 1. The second-order valence-corrected chi connectivity index (χ2v) is 2.14. The Balaban J connectivity index is 0.000001000. The predicted octanol–water partition coefficient (Wildman–Crippen LogP) is -2.11. The molecule has 0 saturated heterocycles. The van der Waals surface area contributed by atoms with Crippen molar-refractivity contribution in [1.29, 1.82) is 0 Å². The molecule has 0 unspecified atom stereocenters. The summed E-state index contributed by atoms with van der Waals surface area (Å²) in [6.45, 7) is 1.74. The molecule has 0 atom stereocenters. The summed E-state index contributed by atoms with van der Waals surface area (Å²) in [4.78, 5) is 10.2. The third-order valence-corrected chi connectivity index (χ3v) is 1.37. The van der Waals surface area contributed by atoms with Crippen LogP contribution in [0.1, 0.15) is 15.9 Å². The maximum absolute atomic E-state index is 10.6. The third kappa shape index (κ3) is 2.66. The van der Waals surface area contributed by atoms with Crippen molar-refractivity contribution in [3.05, 3.63) is 29.3 Å². The van der Waals surface area contributed by atoms with Crippen LogP contribution in [0.5, 0.6) is 5.75 Å². The van der Waals surface area contributed by atoms with Gasteiger partial charge in [0.1, 0.15) is 6.29 Å². The molecule has 0 amide bonds. The molecule has 0 aromatic heterocycles. The van der Waals surface area contributed by atoms with Gasteiger partial charge in [-0.05, 0) is 12.5 Å². The van der Waals surface area contributed by atoms with Gasteiger partial charge in [-0.1, -0.05) is 18.2 Å². The quantitative estimate of drug-likeness (QED) is 0.346. The zero-order valence-electron chi connectivity index (χ0n) is 6.63. The Morgan fingerprint density at radius 1 is 1.45 bits per heavy atom. The van der Waals surface area contributed by atoms with E-state index in [1.54, 1.807) is 6.92 Å². The molecule has 0 radical (unpaired) electrons. The Morgan fingerprint density at radius 2 is 2.09 bits per heavy atom. The van der Waals surface area contributed by atoms with E-state index in [0.29, 0.717) is 5.56 Å². The third-order valence-electron chi connectivity index (χ3n) is 1.37. The van der Waals surface area contributed by atoms with Crippen LogP contribution in [-0.4, -0.2) is 6.29 Å². The van der Waals surface area contributed by atoms with Gasteiger partial charge in [0.05, 0.1) is 0 Å². The number of aldehydes is 1. The average molecular weight is 158 g/mol. The monoisotopic (exact) mass is 158 g/mol. The number of carbonyl (C=O) groups is 1. The van der Waals surface area contributed by atoms with Crippen molar-refractivity contribution >= 4 is 6.29 Å². The summed E-state index contributed by atoms with van der Waals surface area (Å²) in [7, 11) is 0. The first-order chi connectivity index (χ1) is 4.74. The number of hydrogen-bond donors (Lipinski definition) is 0. The van der Waals surface area contributed by atoms with Gasteiger partial charge in [-0.15, -0.1) is 5.75 Å². The molecule has 2 nitrogen and oxygen atoms in total. The Kier molecular flexibility index (Phi) is 4.42. The minimum Gasteiger partial charge on any atom is -0.872 e. The molecule has 0 N–H and O–H groups in total. The molecule has 0 heterocycles. The second-order valence-electron chi connectivity index (χ2n) is 2.14. The first-order valence-electron chi connectivity index (χ1n) is 2.97. The Labute approximate surface area is 87.5 Å². The molecule has 0 spiro atoms. The molecule has 0 bridgehead atoms. The molecule has 0 aliphatic carbocycles. The molecule has 0 fully saturated rings. The van der Waals surface area contributed by atoms with Crippen LogP contribution in [0, 0.1) is 6.92 Å². The zero-order valence-corrected chi connectivity index (χ0v) is 8.63. The first-order valence-corrected chi connectivity index (χ1v) is 2.97. The molecular formula is C8H7NaO2. The van der Waals surface area contributed by atoms with E-state index in [4.69, 9.17) is 0 Å². The minimum absolute atomic E-state index is 0. The van der Waals surface area contributed by atoms with Crippen LogP contribution in [0.2, 0.25) is 0 Å². The van der Waals surface area contributed by atoms with Crippen LogP contribution in [0.25, 0.3) is 0 Å². The fourth-order valence-electron chi connectivity index (χ4n) is 0.780. The van der Waals surface area contributed by atoms with Crippen molar-refractivity contribution in [3.8, 4) is 5.75 Å². The fourth-order valence-corrected chi connectivity index (χ4v) is 0.780. The summed E-state index contributed by atoms with van der Waals surface area (Å²) in [5.74, 6) is -0.0527. The SMILES string of the molecule is Cc1cc([O-])ccc1C=O.[Na+]. The molecule has 0 aliphatic heterocycles. The molecule has 3 heteroatoms. The van der Waals surface area contributed by atoms with Crippen molar-refractivity contribution in [2.45, 2.75) is 6.92 Å². The van der Waals surface area contributed by atoms with Crippen molar-refractivity contribution in [3.63, 3.8) is 0 Å². The number of aryl methyl sites for hydroxylation is 1. The van der Waals surface area contributed by atoms with E-state index in [-0.39, 0.29) is 35.3 Å². The van der Waals surface area contributed by atoms with Crippen LogP contribution in [-0.2, 0) is 0 Å². The van der Waals surface area contributed by atoms with Gasteiger partial charge in [0.2, 0.25) is 0 Å². The van der Waals surface area contributed by atoms with Gasteiger partial charge in [-0.2, -0.15) is 0 Å². The van der Waals surface area contributed by atoms with E-state index < -0.39 is 0 Å². The van der Waals surface area contributed by atoms with Gasteiger partial charge in [0.15, 0.2) is 0 Å². The van der Waals surface area contributed by atoms with Crippen LogP contribution in [0.15, 0.2) is 18.2 Å². The molecule has 1 rings (SSSR count). The Morgan fingerprint density at radius 3 is 2.55 bits per heavy atom. The maximum atomic E-state index is 10.6. The molecule has 0 saturated carbocycles. The van der Waals surface area contributed by atoms with Crippen LogP contribution in [0.4, 0.5) is 0 Å². The molecule has 11 heavy (non-hydrogen) atoms. The molecular weight excluding hydrogens is 151 g/mol. The van der Waals surface area contributed by atoms with Crippen LogP contribution in [0.3, 0.4) is 0 Å². The maximum Gasteiger partial charge on any atom is 1.00 e. The van der Waals surface area contributed by atoms with Crippen molar-refractivity contribution < 1.29 is 39.5 Å². The van der Waals surface area contributed by atoms with Crippen molar-refractivity contribution in [2.24, 2.45) is 0 Å². The van der Waals surface area contributed by atoms with Crippen molar-refractivity contribution in [1.82, 2.24) is 0 Å². The predicted molar refractivity (Wildman–Crippen MR) is 36.0 cm³/mol. The van der Waals surface area contributed by atoms with E-state index in [9.17, 15) is 9.90 Å². The molecule has 1 aromatic rings. The fraction of sp³-hybridized carbons (Fsp3) is 0.125. The topological polar surface area (TPSA) is 40.1 Å². The number of rotatable bonds is 1. The Bertz CT molecular complexity index is 258. The largest absolute Gasteiger partial charge is 1.00 e. The van der Waals surface area contributed by atoms with E-state index in [1.165, 1.54) is 18.2 Å². The van der Waals surface area contributed by atoms with Crippen LogP contribution < -0.4 is 34.7 Å². The standard InChI is InChI=1S/C8H8O2.Na/c1-6-4-8(10)3-2-7(6)5-9;/h2-5,10H,1H3;/q;+1/p-1. The van der Waals surface area contributed by atoms with Gasteiger partial charge in [0.25, 0.3) is 0 Å². The van der Waals surface area contributed by atoms with E-state index in [2.05, 4.69) is 0 Å². The number of hydrogen-bond acceptors (Lipinski definition) is 2. The summed E-state index contributed by atoms with van der Waals surface area (Å²) >= 11 is 0. The molecule has 0 aliphatic rings. The second kappa shape index (κ2) is 4.54. The summed E-state index contributed by atoms with van der Waals surface area (Å²) in [5, 5.41) is 10.6. The smallest absolute Gasteiger partial charge is 0.872 e. The first kappa shape index (κ1) is 10.7. The van der Waals surface area contributed by atoms with E-state index in [1.807, 2.05) is 0 Å². The van der Waals surface area contributed by atoms with Gasteiger partial charge < -0.3 is 5.11 Å². The summed E-state index contributed by atoms with van der Waals surface area (Å²) in [6, 6.07) is 4.37. The zero-order chi connectivity index (χ0) is 7.56. The van der Waals surface area contributed by atoms with E-state index in [0.717, 1.165) is 11.8 Å². The number of benzene rings is 1. The molecule has 1 aromatic carbocycles. The Hall–Kier alpha value is -0.310. The van der Waals surface area contributed by atoms with E-state index >= 15 is 0 Å². The normalized spacial score (nSPS) is 8.45. The van der Waals surface area contributed by atoms with Crippen LogP contribution >= 0.6 is 0 Å². The van der Waals surface area contributed by atoms with Gasteiger partial charge in [-0.25, -0.2) is 0 Å². The summed E-state index contributed by atoms with van der Waals surface area (Å²) in [6.07, 6.45) is 0.745. The van der Waals surface area contributed by atoms with Crippen molar-refractivity contribution in [2.75, 3.05) is 0 Å². The summed E-state index contributed by atoms with van der Waals surface area (Å²) < 4.78 is 0. The minimum atomic E-state index is -0.0527. The summed E-state index contributed by atoms with van der Waals surface area (Å²) in [5.41, 5.74) is 1.32.